The Morgan fingerprint density at radius 3 is 1.47 bits per heavy atom. The molecule has 0 aromatic heterocycles. The van der Waals surface area contributed by atoms with Crippen molar-refractivity contribution in [2.45, 2.75) is 31.5 Å². The van der Waals surface area contributed by atoms with E-state index in [-0.39, 0.29) is 0 Å². The molecule has 15 heavy (non-hydrogen) atoms. The minimum atomic E-state index is -3.57. The Morgan fingerprint density at radius 1 is 0.867 bits per heavy atom. The summed E-state index contributed by atoms with van der Waals surface area (Å²) in [7, 11) is -7.14. The van der Waals surface area contributed by atoms with E-state index in [1.807, 2.05) is 0 Å². The molecule has 0 amide bonds. The van der Waals surface area contributed by atoms with Crippen LogP contribution < -0.4 is 0 Å². The van der Waals surface area contributed by atoms with Crippen LogP contribution in [0.1, 0.15) is 19.3 Å². The molecule has 0 bridgehead atoms. The van der Waals surface area contributed by atoms with Crippen LogP contribution in [0.4, 0.5) is 0 Å². The fourth-order valence-electron chi connectivity index (χ4n) is 1.56. The molecule has 6 nitrogen and oxygen atoms in total. The van der Waals surface area contributed by atoms with Gasteiger partial charge in [-0.15, -0.1) is 0 Å². The molecule has 1 fully saturated rings. The van der Waals surface area contributed by atoms with Crippen molar-refractivity contribution in [2.24, 2.45) is 0 Å². The van der Waals surface area contributed by atoms with E-state index < -0.39 is 32.4 Å². The predicted molar refractivity (Wildman–Crippen MR) is 53.3 cm³/mol. The van der Waals surface area contributed by atoms with Crippen LogP contribution >= 0.6 is 0 Å². The second-order valence-electron chi connectivity index (χ2n) is 3.61. The summed E-state index contributed by atoms with van der Waals surface area (Å²) in [6, 6.07) is 0. The summed E-state index contributed by atoms with van der Waals surface area (Å²) in [5, 5.41) is 0. The van der Waals surface area contributed by atoms with Gasteiger partial charge in [-0.1, -0.05) is 0 Å². The lowest BCUT2D eigenvalue weighted by atomic mass is 10.3. The zero-order chi connectivity index (χ0) is 11.7. The highest BCUT2D eigenvalue weighted by atomic mass is 32.2. The van der Waals surface area contributed by atoms with Crippen LogP contribution in [0, 0.1) is 0 Å². The van der Waals surface area contributed by atoms with Crippen LogP contribution in [0.5, 0.6) is 0 Å². The van der Waals surface area contributed by atoms with Gasteiger partial charge in [-0.25, -0.2) is 0 Å². The summed E-state index contributed by atoms with van der Waals surface area (Å²) in [4.78, 5) is 0. The quantitative estimate of drug-likeness (QED) is 0.652. The van der Waals surface area contributed by atoms with E-state index in [0.717, 1.165) is 12.5 Å². The molecule has 0 aliphatic heterocycles. The van der Waals surface area contributed by atoms with Crippen molar-refractivity contribution in [3.63, 3.8) is 0 Å². The third kappa shape index (κ3) is 4.92. The lowest BCUT2D eigenvalue weighted by Gasteiger charge is -2.17. The van der Waals surface area contributed by atoms with Crippen molar-refractivity contribution < 1.29 is 25.2 Å². The summed E-state index contributed by atoms with van der Waals surface area (Å²) < 4.78 is 53.0. The van der Waals surface area contributed by atoms with Crippen molar-refractivity contribution in [3.8, 4) is 0 Å². The monoisotopic (exact) mass is 258 g/mol. The number of rotatable bonds is 4. The van der Waals surface area contributed by atoms with Crippen LogP contribution in [0.2, 0.25) is 0 Å². The lowest BCUT2D eigenvalue weighted by molar-refractivity contribution is 0.0887. The first-order valence-electron chi connectivity index (χ1n) is 4.44. The highest BCUT2D eigenvalue weighted by Crippen LogP contribution is 2.27. The van der Waals surface area contributed by atoms with E-state index in [4.69, 9.17) is 8.37 Å². The van der Waals surface area contributed by atoms with Crippen LogP contribution in [0.3, 0.4) is 0 Å². The standard InChI is InChI=1S/C7H14O6S2/c1-14(8,9)12-6-4-3-5-7(6)13-15(2,10)11/h6-7H,3-5H2,1-2H3/t6-,7-/m1/s1. The molecule has 1 rings (SSSR count). The third-order valence-corrected chi connectivity index (χ3v) is 3.18. The van der Waals surface area contributed by atoms with E-state index in [1.54, 1.807) is 0 Å². The van der Waals surface area contributed by atoms with Gasteiger partial charge in [0.1, 0.15) is 12.2 Å². The van der Waals surface area contributed by atoms with E-state index in [9.17, 15) is 16.8 Å². The first kappa shape index (κ1) is 12.9. The lowest BCUT2D eigenvalue weighted by Crippen LogP contribution is -2.30. The highest BCUT2D eigenvalue weighted by molar-refractivity contribution is 7.86. The van der Waals surface area contributed by atoms with Gasteiger partial charge in [0.05, 0.1) is 12.5 Å². The van der Waals surface area contributed by atoms with Gasteiger partial charge in [-0.3, -0.25) is 8.37 Å². The van der Waals surface area contributed by atoms with Gasteiger partial charge in [-0.2, -0.15) is 16.8 Å². The Labute approximate surface area is 89.8 Å². The minimum absolute atomic E-state index is 0.493. The van der Waals surface area contributed by atoms with Crippen molar-refractivity contribution in [1.29, 1.82) is 0 Å². The molecule has 0 saturated heterocycles. The van der Waals surface area contributed by atoms with Crippen molar-refractivity contribution >= 4 is 20.2 Å². The molecule has 0 aromatic carbocycles. The third-order valence-electron chi connectivity index (χ3n) is 1.99. The Morgan fingerprint density at radius 2 is 1.20 bits per heavy atom. The maximum Gasteiger partial charge on any atom is 0.264 e. The molecular weight excluding hydrogens is 244 g/mol. The summed E-state index contributed by atoms with van der Waals surface area (Å²) in [6.07, 6.45) is 2.18. The summed E-state index contributed by atoms with van der Waals surface area (Å²) in [5.74, 6) is 0. The van der Waals surface area contributed by atoms with E-state index in [0.29, 0.717) is 19.3 Å². The van der Waals surface area contributed by atoms with Crippen molar-refractivity contribution in [1.82, 2.24) is 0 Å². The van der Waals surface area contributed by atoms with Gasteiger partial charge in [0.2, 0.25) is 0 Å². The molecule has 1 saturated carbocycles. The average Bonchev–Trinajstić information content (AvgIpc) is 2.29. The summed E-state index contributed by atoms with van der Waals surface area (Å²) in [6.45, 7) is 0. The second-order valence-corrected chi connectivity index (χ2v) is 6.81. The minimum Gasteiger partial charge on any atom is -0.264 e. The van der Waals surface area contributed by atoms with Gasteiger partial charge in [0, 0.05) is 0 Å². The van der Waals surface area contributed by atoms with Gasteiger partial charge in [-0.05, 0) is 19.3 Å². The van der Waals surface area contributed by atoms with Crippen LogP contribution in [-0.4, -0.2) is 41.6 Å². The van der Waals surface area contributed by atoms with Gasteiger partial charge >= 0.3 is 0 Å². The van der Waals surface area contributed by atoms with E-state index in [2.05, 4.69) is 0 Å². The molecule has 1 aliphatic carbocycles. The Balaban J connectivity index is 2.66. The van der Waals surface area contributed by atoms with E-state index in [1.165, 1.54) is 0 Å². The maximum absolute atomic E-state index is 10.9. The normalized spacial score (nSPS) is 28.1. The fourth-order valence-corrected chi connectivity index (χ4v) is 2.90. The number of hydrogen-bond acceptors (Lipinski definition) is 6. The molecule has 90 valence electrons. The Kier molecular flexibility index (Phi) is 3.75. The molecule has 0 aromatic rings. The van der Waals surface area contributed by atoms with Crippen molar-refractivity contribution in [3.05, 3.63) is 0 Å². The van der Waals surface area contributed by atoms with Crippen LogP contribution in [0.25, 0.3) is 0 Å². The molecule has 0 N–H and O–H groups in total. The van der Waals surface area contributed by atoms with Crippen LogP contribution in [0.15, 0.2) is 0 Å². The van der Waals surface area contributed by atoms with Gasteiger partial charge in [0.25, 0.3) is 20.2 Å². The predicted octanol–water partition coefficient (Wildman–Crippen LogP) is -0.140. The molecule has 0 unspecified atom stereocenters. The smallest absolute Gasteiger partial charge is 0.264 e. The first-order chi connectivity index (χ1) is 6.67. The summed E-state index contributed by atoms with van der Waals surface area (Å²) >= 11 is 0. The zero-order valence-corrected chi connectivity index (χ0v) is 10.2. The molecule has 0 spiro atoms. The molecule has 2 atom stereocenters. The fraction of sp³-hybridized carbons (Fsp3) is 1.00. The van der Waals surface area contributed by atoms with Gasteiger partial charge in [0.15, 0.2) is 0 Å². The average molecular weight is 258 g/mol. The Bertz CT molecular complexity index is 369. The number of hydrogen-bond donors (Lipinski definition) is 0. The maximum atomic E-state index is 10.9. The first-order valence-corrected chi connectivity index (χ1v) is 8.07. The highest BCUT2D eigenvalue weighted by Gasteiger charge is 2.34. The Hall–Kier alpha value is -0.180. The zero-order valence-electron chi connectivity index (χ0n) is 8.54. The molecule has 8 heteroatoms. The van der Waals surface area contributed by atoms with E-state index >= 15 is 0 Å². The molecular formula is C7H14O6S2. The summed E-state index contributed by atoms with van der Waals surface area (Å²) in [5.41, 5.74) is 0. The topological polar surface area (TPSA) is 86.7 Å². The second kappa shape index (κ2) is 4.36. The molecule has 1 aliphatic rings. The largest absolute Gasteiger partial charge is 0.264 e. The van der Waals surface area contributed by atoms with Crippen molar-refractivity contribution in [2.75, 3.05) is 12.5 Å². The molecule has 0 radical (unpaired) electrons. The molecule has 0 heterocycles. The SMILES string of the molecule is CS(=O)(=O)O[C@@H]1CCC[C@H]1OS(C)(=O)=O. The van der Waals surface area contributed by atoms with Crippen LogP contribution in [-0.2, 0) is 28.6 Å². The van der Waals surface area contributed by atoms with Gasteiger partial charge < -0.3 is 0 Å².